The Bertz CT molecular complexity index is 1010. The number of carbonyl (C=O) groups excluding carboxylic acids is 2. The molecular formula is C20H31N6O7PS. The van der Waals surface area contributed by atoms with Crippen LogP contribution in [0.5, 0.6) is 0 Å². The number of nitrogen functional groups attached to an aromatic ring is 1. The highest BCUT2D eigenvalue weighted by Gasteiger charge is 2.42. The zero-order valence-electron chi connectivity index (χ0n) is 19.2. The number of amides is 3. The summed E-state index contributed by atoms with van der Waals surface area (Å²) < 4.78 is 30.2. The molecule has 2 unspecified atom stereocenters. The molecule has 3 aliphatic heterocycles. The van der Waals surface area contributed by atoms with E-state index in [2.05, 4.69) is 20.9 Å². The molecule has 1 aromatic heterocycles. The van der Waals surface area contributed by atoms with E-state index in [9.17, 15) is 18.9 Å². The number of anilines is 1. The summed E-state index contributed by atoms with van der Waals surface area (Å²) in [6.45, 7) is 0.435. The Morgan fingerprint density at radius 2 is 2.23 bits per heavy atom. The maximum Gasteiger partial charge on any atom is 0.356 e. The molecule has 0 radical (unpaired) electrons. The average Bonchev–Trinajstić information content (AvgIpc) is 3.37. The third-order valence-electron chi connectivity index (χ3n) is 6.01. The van der Waals surface area contributed by atoms with Crippen LogP contribution in [0, 0.1) is 0 Å². The van der Waals surface area contributed by atoms with Gasteiger partial charge in [-0.2, -0.15) is 16.7 Å². The first-order chi connectivity index (χ1) is 16.8. The second-order valence-electron chi connectivity index (χ2n) is 8.66. The van der Waals surface area contributed by atoms with E-state index in [-0.39, 0.29) is 62.5 Å². The predicted molar refractivity (Wildman–Crippen MR) is 129 cm³/mol. The number of thioether (sulfide) groups is 1. The van der Waals surface area contributed by atoms with Crippen molar-refractivity contribution in [2.75, 3.05) is 37.6 Å². The van der Waals surface area contributed by atoms with Gasteiger partial charge in [-0.25, -0.2) is 9.59 Å². The summed E-state index contributed by atoms with van der Waals surface area (Å²) in [5.74, 6) is 0.966. The van der Waals surface area contributed by atoms with Crippen LogP contribution in [0.15, 0.2) is 17.1 Å². The largest absolute Gasteiger partial charge is 0.383 e. The van der Waals surface area contributed by atoms with Gasteiger partial charge >= 0.3 is 19.3 Å². The third kappa shape index (κ3) is 7.20. The molecule has 0 aromatic carbocycles. The molecule has 0 saturated carbocycles. The van der Waals surface area contributed by atoms with Crippen LogP contribution in [0.1, 0.15) is 25.7 Å². The number of hydrogen-bond acceptors (Lipinski definition) is 10. The van der Waals surface area contributed by atoms with Crippen molar-refractivity contribution >= 4 is 37.1 Å². The number of hydrogen-bond donors (Lipinski definition) is 4. The minimum Gasteiger partial charge on any atom is -0.383 e. The quantitative estimate of drug-likeness (QED) is 0.176. The van der Waals surface area contributed by atoms with Gasteiger partial charge in [0.1, 0.15) is 18.3 Å². The van der Waals surface area contributed by atoms with Gasteiger partial charge in [0.05, 0.1) is 31.8 Å². The highest BCUT2D eigenvalue weighted by molar-refractivity contribution is 8.00. The van der Waals surface area contributed by atoms with E-state index in [0.717, 1.165) is 25.0 Å². The number of urea groups is 1. The summed E-state index contributed by atoms with van der Waals surface area (Å²) in [7, 11) is -3.42. The number of nitrogens with one attached hydrogen (secondary N) is 3. The van der Waals surface area contributed by atoms with Crippen molar-refractivity contribution < 1.29 is 27.9 Å². The van der Waals surface area contributed by atoms with Crippen molar-refractivity contribution in [3.63, 3.8) is 0 Å². The normalized spacial score (nSPS) is 29.9. The number of ether oxygens (including phenoxy) is 1. The summed E-state index contributed by atoms with van der Waals surface area (Å²) in [4.78, 5) is 38.9. The lowest BCUT2D eigenvalue weighted by Gasteiger charge is -2.29. The molecule has 4 rings (SSSR count). The highest BCUT2D eigenvalue weighted by Crippen LogP contribution is 2.50. The standard InChI is InChI=1S/C20H31N6O7PS/c21-16-5-7-26(20(29)24-16)9-13-10-33-34(30,12-31-13)32-8-6-22-17(27)4-2-1-3-15-18-14(11-35-15)23-19(28)25-18/h5,7,13-15,18H,1-4,6,8-12H2,(H,22,27)(H2,21,24,29)(H2,23,25,28)/t13-,14-,15?,18-,34?/m0/s1. The fourth-order valence-corrected chi connectivity index (χ4v) is 7.12. The molecule has 0 spiro atoms. The Morgan fingerprint density at radius 1 is 1.37 bits per heavy atom. The van der Waals surface area contributed by atoms with Crippen molar-refractivity contribution in [3.8, 4) is 0 Å². The van der Waals surface area contributed by atoms with Gasteiger partial charge in [-0.15, -0.1) is 0 Å². The van der Waals surface area contributed by atoms with E-state index in [0.29, 0.717) is 11.7 Å². The van der Waals surface area contributed by atoms with Crippen LogP contribution in [-0.4, -0.2) is 76.8 Å². The summed E-state index contributed by atoms with van der Waals surface area (Å²) >= 11 is 1.86. The molecule has 5 atom stereocenters. The van der Waals surface area contributed by atoms with Crippen LogP contribution in [-0.2, 0) is 29.7 Å². The molecule has 3 saturated heterocycles. The monoisotopic (exact) mass is 530 g/mol. The van der Waals surface area contributed by atoms with E-state index >= 15 is 0 Å². The van der Waals surface area contributed by atoms with E-state index < -0.39 is 19.4 Å². The molecule has 194 valence electrons. The van der Waals surface area contributed by atoms with Crippen LogP contribution >= 0.6 is 19.4 Å². The predicted octanol–water partition coefficient (Wildman–Crippen LogP) is 0.250. The second-order valence-corrected chi connectivity index (χ2v) is 11.9. The number of nitrogens with two attached hydrogens (primary N) is 1. The number of aromatic nitrogens is 2. The molecule has 1 aromatic rings. The van der Waals surface area contributed by atoms with Crippen molar-refractivity contribution in [1.29, 1.82) is 0 Å². The maximum atomic E-state index is 12.6. The molecule has 3 aliphatic rings. The fourth-order valence-electron chi connectivity index (χ4n) is 4.20. The lowest BCUT2D eigenvalue weighted by Crippen LogP contribution is -2.36. The number of rotatable bonds is 11. The van der Waals surface area contributed by atoms with Gasteiger partial charge < -0.3 is 35.5 Å². The van der Waals surface area contributed by atoms with Crippen LogP contribution in [0.3, 0.4) is 0 Å². The first kappa shape index (κ1) is 26.0. The molecule has 0 aliphatic carbocycles. The number of unbranched alkanes of at least 4 members (excludes halogenated alkanes) is 1. The topological polar surface area (TPSA) is 176 Å². The number of nitrogens with zero attached hydrogens (tertiary/aromatic N) is 2. The van der Waals surface area contributed by atoms with Crippen LogP contribution in [0.2, 0.25) is 0 Å². The molecule has 4 heterocycles. The minimum absolute atomic E-state index is 0.00107. The van der Waals surface area contributed by atoms with E-state index in [1.165, 1.54) is 16.8 Å². The fraction of sp³-hybridized carbons (Fsp3) is 0.700. The van der Waals surface area contributed by atoms with Gasteiger partial charge in [0, 0.05) is 30.2 Å². The molecule has 3 amide bonds. The van der Waals surface area contributed by atoms with E-state index in [1.807, 2.05) is 11.8 Å². The highest BCUT2D eigenvalue weighted by atomic mass is 32.2. The van der Waals surface area contributed by atoms with Gasteiger partial charge in [0.15, 0.2) is 0 Å². The average molecular weight is 531 g/mol. The van der Waals surface area contributed by atoms with Crippen LogP contribution in [0.25, 0.3) is 0 Å². The molecule has 35 heavy (non-hydrogen) atoms. The van der Waals surface area contributed by atoms with Crippen molar-refractivity contribution in [3.05, 3.63) is 22.7 Å². The molecule has 15 heteroatoms. The molecule has 13 nitrogen and oxygen atoms in total. The van der Waals surface area contributed by atoms with Crippen LogP contribution in [0.4, 0.5) is 10.6 Å². The molecule has 0 bridgehead atoms. The minimum atomic E-state index is -3.42. The summed E-state index contributed by atoms with van der Waals surface area (Å²) in [5.41, 5.74) is 4.97. The summed E-state index contributed by atoms with van der Waals surface area (Å²) in [5, 5.41) is 9.03. The lowest BCUT2D eigenvalue weighted by molar-refractivity contribution is -0.121. The Morgan fingerprint density at radius 3 is 3.00 bits per heavy atom. The first-order valence-corrected chi connectivity index (χ1v) is 14.4. The molecule has 5 N–H and O–H groups in total. The van der Waals surface area contributed by atoms with Gasteiger partial charge in [0.25, 0.3) is 0 Å². The SMILES string of the molecule is Nc1ccn(C[C@H]2COP(=O)(OCCNC(=O)CCCCC3SC[C@@H]4NC(=O)N[C@H]34)CO2)c(=O)n1. The molecular weight excluding hydrogens is 499 g/mol. The number of fused-ring (bicyclic) bond motifs is 1. The van der Waals surface area contributed by atoms with Crippen molar-refractivity contribution in [2.45, 2.75) is 55.7 Å². The Kier molecular flexibility index (Phi) is 8.71. The zero-order chi connectivity index (χ0) is 24.8. The van der Waals surface area contributed by atoms with Gasteiger partial charge in [-0.3, -0.25) is 13.9 Å². The Labute approximate surface area is 206 Å². The number of carbonyl (C=O) groups is 2. The van der Waals surface area contributed by atoms with Crippen molar-refractivity contribution in [2.24, 2.45) is 0 Å². The van der Waals surface area contributed by atoms with E-state index in [4.69, 9.17) is 19.5 Å². The zero-order valence-corrected chi connectivity index (χ0v) is 20.9. The van der Waals surface area contributed by atoms with Crippen LogP contribution < -0.4 is 27.4 Å². The van der Waals surface area contributed by atoms with Gasteiger partial charge in [-0.1, -0.05) is 6.42 Å². The third-order valence-corrected chi connectivity index (χ3v) is 9.11. The first-order valence-electron chi connectivity index (χ1n) is 11.6. The maximum absolute atomic E-state index is 12.6. The lowest BCUT2D eigenvalue weighted by atomic mass is 10.0. The smallest absolute Gasteiger partial charge is 0.356 e. The van der Waals surface area contributed by atoms with Gasteiger partial charge in [-0.05, 0) is 18.9 Å². The van der Waals surface area contributed by atoms with Crippen molar-refractivity contribution in [1.82, 2.24) is 25.5 Å². The second kappa shape index (κ2) is 11.7. The Hall–Kier alpha value is -2.12. The van der Waals surface area contributed by atoms with E-state index in [1.54, 1.807) is 0 Å². The molecule has 3 fully saturated rings. The van der Waals surface area contributed by atoms with Gasteiger partial charge in [0.2, 0.25) is 5.91 Å². The summed E-state index contributed by atoms with van der Waals surface area (Å²) in [6, 6.07) is 1.81. The Balaban J connectivity index is 1.05. The summed E-state index contributed by atoms with van der Waals surface area (Å²) in [6.07, 6.45) is 3.81.